The molecule has 0 saturated carbocycles. The van der Waals surface area contributed by atoms with Crippen molar-refractivity contribution >= 4 is 22.2 Å². The first-order valence-corrected chi connectivity index (χ1v) is 7.52. The SMILES string of the molecule is CCc1ccc(C(C)NC(=O)c2csc([N+](=O)[O-])c2)cc1. The van der Waals surface area contributed by atoms with Crippen LogP contribution in [0, 0.1) is 10.1 Å². The van der Waals surface area contributed by atoms with Crippen LogP contribution in [0.25, 0.3) is 0 Å². The van der Waals surface area contributed by atoms with Gasteiger partial charge in [0.1, 0.15) is 0 Å². The predicted molar refractivity (Wildman–Crippen MR) is 82.7 cm³/mol. The second-order valence-electron chi connectivity index (χ2n) is 4.72. The molecule has 110 valence electrons. The van der Waals surface area contributed by atoms with Crippen LogP contribution in [-0.4, -0.2) is 10.8 Å². The lowest BCUT2D eigenvalue weighted by atomic mass is 10.0. The van der Waals surface area contributed by atoms with Crippen molar-refractivity contribution in [3.8, 4) is 0 Å². The number of carbonyl (C=O) groups is 1. The molecular formula is C15H16N2O3S. The number of rotatable bonds is 5. The molecule has 1 N–H and O–H groups in total. The number of hydrogen-bond donors (Lipinski definition) is 1. The molecule has 1 aromatic heterocycles. The summed E-state index contributed by atoms with van der Waals surface area (Å²) in [7, 11) is 0. The molecular weight excluding hydrogens is 288 g/mol. The predicted octanol–water partition coefficient (Wildman–Crippen LogP) is 3.71. The standard InChI is InChI=1S/C15H16N2O3S/c1-3-11-4-6-12(7-5-11)10(2)16-15(18)13-8-14(17(19)20)21-9-13/h4-10H,3H2,1-2H3,(H,16,18). The van der Waals surface area contributed by atoms with Crippen molar-refractivity contribution in [2.45, 2.75) is 26.3 Å². The monoisotopic (exact) mass is 304 g/mol. The minimum absolute atomic E-state index is 0.0277. The number of thiophene rings is 1. The Bertz CT molecular complexity index is 649. The minimum Gasteiger partial charge on any atom is -0.345 e. The molecule has 0 radical (unpaired) electrons. The van der Waals surface area contributed by atoms with Gasteiger partial charge in [-0.25, -0.2) is 0 Å². The number of amides is 1. The van der Waals surface area contributed by atoms with E-state index in [0.29, 0.717) is 5.56 Å². The lowest BCUT2D eigenvalue weighted by Gasteiger charge is -2.14. The zero-order valence-electron chi connectivity index (χ0n) is 11.8. The number of nitrogens with zero attached hydrogens (tertiary/aromatic N) is 1. The molecule has 1 aromatic carbocycles. The van der Waals surface area contributed by atoms with Gasteiger partial charge in [0.25, 0.3) is 5.91 Å². The number of nitrogens with one attached hydrogen (secondary N) is 1. The van der Waals surface area contributed by atoms with Crippen LogP contribution < -0.4 is 5.32 Å². The molecule has 0 aliphatic carbocycles. The minimum atomic E-state index is -0.492. The molecule has 0 aliphatic rings. The van der Waals surface area contributed by atoms with E-state index in [1.807, 2.05) is 31.2 Å². The highest BCUT2D eigenvalue weighted by atomic mass is 32.1. The molecule has 5 nitrogen and oxygen atoms in total. The Morgan fingerprint density at radius 2 is 2.05 bits per heavy atom. The number of benzene rings is 1. The van der Waals surface area contributed by atoms with Crippen LogP contribution in [0.4, 0.5) is 5.00 Å². The van der Waals surface area contributed by atoms with E-state index in [0.717, 1.165) is 23.3 Å². The van der Waals surface area contributed by atoms with Gasteiger partial charge in [0.05, 0.1) is 16.5 Å². The highest BCUT2D eigenvalue weighted by Crippen LogP contribution is 2.23. The average Bonchev–Trinajstić information content (AvgIpc) is 2.97. The van der Waals surface area contributed by atoms with Crippen molar-refractivity contribution in [1.82, 2.24) is 5.32 Å². The molecule has 0 aliphatic heterocycles. The van der Waals surface area contributed by atoms with Gasteiger partial charge in [0, 0.05) is 11.4 Å². The molecule has 1 heterocycles. The maximum atomic E-state index is 12.1. The van der Waals surface area contributed by atoms with E-state index in [9.17, 15) is 14.9 Å². The first-order valence-electron chi connectivity index (χ1n) is 6.64. The van der Waals surface area contributed by atoms with E-state index in [-0.39, 0.29) is 17.0 Å². The van der Waals surface area contributed by atoms with Crippen molar-refractivity contribution in [3.05, 3.63) is 62.5 Å². The maximum Gasteiger partial charge on any atom is 0.324 e. The first kappa shape index (κ1) is 15.2. The first-order chi connectivity index (χ1) is 10.0. The van der Waals surface area contributed by atoms with Crippen molar-refractivity contribution in [1.29, 1.82) is 0 Å². The van der Waals surface area contributed by atoms with Gasteiger partial charge in [0.2, 0.25) is 0 Å². The Balaban J connectivity index is 2.05. The van der Waals surface area contributed by atoms with Crippen molar-refractivity contribution < 1.29 is 9.72 Å². The highest BCUT2D eigenvalue weighted by Gasteiger charge is 2.17. The highest BCUT2D eigenvalue weighted by molar-refractivity contribution is 7.13. The summed E-state index contributed by atoms with van der Waals surface area (Å²) >= 11 is 0.954. The third kappa shape index (κ3) is 3.66. The van der Waals surface area contributed by atoms with E-state index in [2.05, 4.69) is 12.2 Å². The lowest BCUT2D eigenvalue weighted by molar-refractivity contribution is -0.380. The summed E-state index contributed by atoms with van der Waals surface area (Å²) < 4.78 is 0. The second-order valence-corrected chi connectivity index (χ2v) is 5.61. The molecule has 1 unspecified atom stereocenters. The number of nitro groups is 1. The van der Waals surface area contributed by atoms with Crippen LogP contribution in [0.15, 0.2) is 35.7 Å². The van der Waals surface area contributed by atoms with Crippen molar-refractivity contribution in [2.24, 2.45) is 0 Å². The van der Waals surface area contributed by atoms with E-state index in [1.54, 1.807) is 0 Å². The third-order valence-corrected chi connectivity index (χ3v) is 4.14. The molecule has 2 aromatic rings. The van der Waals surface area contributed by atoms with Gasteiger partial charge >= 0.3 is 5.00 Å². The van der Waals surface area contributed by atoms with Gasteiger partial charge in [-0.1, -0.05) is 42.5 Å². The molecule has 21 heavy (non-hydrogen) atoms. The van der Waals surface area contributed by atoms with Gasteiger partial charge in [-0.2, -0.15) is 0 Å². The summed E-state index contributed by atoms with van der Waals surface area (Å²) in [5, 5.41) is 14.9. The van der Waals surface area contributed by atoms with E-state index in [1.165, 1.54) is 17.0 Å². The zero-order valence-corrected chi connectivity index (χ0v) is 12.6. The van der Waals surface area contributed by atoms with Gasteiger partial charge in [-0.05, 0) is 24.5 Å². The number of aryl methyl sites for hydroxylation is 1. The van der Waals surface area contributed by atoms with Gasteiger partial charge in [-0.15, -0.1) is 0 Å². The number of carbonyl (C=O) groups excluding carboxylic acids is 1. The van der Waals surface area contributed by atoms with Crippen LogP contribution in [0.1, 0.15) is 41.4 Å². The molecule has 2 rings (SSSR count). The third-order valence-electron chi connectivity index (χ3n) is 3.26. The normalized spacial score (nSPS) is 11.9. The van der Waals surface area contributed by atoms with Crippen LogP contribution in [0.2, 0.25) is 0 Å². The number of hydrogen-bond acceptors (Lipinski definition) is 4. The molecule has 1 atom stereocenters. The van der Waals surface area contributed by atoms with Gasteiger partial charge in [0.15, 0.2) is 0 Å². The van der Waals surface area contributed by atoms with E-state index in [4.69, 9.17) is 0 Å². The summed E-state index contributed by atoms with van der Waals surface area (Å²) in [6, 6.07) is 9.19. The Labute approximate surface area is 126 Å². The van der Waals surface area contributed by atoms with Gasteiger partial charge < -0.3 is 5.32 Å². The quantitative estimate of drug-likeness (QED) is 0.676. The van der Waals surface area contributed by atoms with Crippen molar-refractivity contribution in [3.63, 3.8) is 0 Å². The van der Waals surface area contributed by atoms with Crippen molar-refractivity contribution in [2.75, 3.05) is 0 Å². The van der Waals surface area contributed by atoms with E-state index >= 15 is 0 Å². The van der Waals surface area contributed by atoms with Gasteiger partial charge in [-0.3, -0.25) is 14.9 Å². The smallest absolute Gasteiger partial charge is 0.324 e. The van der Waals surface area contributed by atoms with Crippen LogP contribution in [0.3, 0.4) is 0 Å². The molecule has 1 amide bonds. The van der Waals surface area contributed by atoms with E-state index < -0.39 is 4.92 Å². The topological polar surface area (TPSA) is 72.2 Å². The summed E-state index contributed by atoms with van der Waals surface area (Å²) in [5.41, 5.74) is 2.57. The van der Waals surface area contributed by atoms with Crippen LogP contribution in [0.5, 0.6) is 0 Å². The largest absolute Gasteiger partial charge is 0.345 e. The fraction of sp³-hybridized carbons (Fsp3) is 0.267. The maximum absolute atomic E-state index is 12.1. The molecule has 0 bridgehead atoms. The molecule has 0 fully saturated rings. The summed E-state index contributed by atoms with van der Waals surface area (Å²) in [6.07, 6.45) is 0.972. The summed E-state index contributed by atoms with van der Waals surface area (Å²) in [6.45, 7) is 3.98. The molecule has 6 heteroatoms. The Morgan fingerprint density at radius 1 is 1.38 bits per heavy atom. The molecule has 0 spiro atoms. The Hall–Kier alpha value is -2.21. The fourth-order valence-electron chi connectivity index (χ4n) is 1.95. The zero-order chi connectivity index (χ0) is 15.4. The summed E-state index contributed by atoms with van der Waals surface area (Å²) in [4.78, 5) is 22.2. The molecule has 0 saturated heterocycles. The van der Waals surface area contributed by atoms with Crippen LogP contribution in [-0.2, 0) is 6.42 Å². The fourth-order valence-corrected chi connectivity index (χ4v) is 2.65. The van der Waals surface area contributed by atoms with Crippen LogP contribution >= 0.6 is 11.3 Å². The Kier molecular flexibility index (Phi) is 4.70. The average molecular weight is 304 g/mol. The lowest BCUT2D eigenvalue weighted by Crippen LogP contribution is -2.26. The second kappa shape index (κ2) is 6.49. The Morgan fingerprint density at radius 3 is 2.57 bits per heavy atom. The summed E-state index contributed by atoms with van der Waals surface area (Å²) in [5.74, 6) is -0.300.